The Balaban J connectivity index is 1.42. The van der Waals surface area contributed by atoms with Gasteiger partial charge in [-0.25, -0.2) is 4.39 Å². The quantitative estimate of drug-likeness (QED) is 0.266. The highest BCUT2D eigenvalue weighted by Gasteiger charge is 2.20. The zero-order chi connectivity index (χ0) is 22.9. The lowest BCUT2D eigenvalue weighted by Crippen LogP contribution is -2.27. The average molecular weight is 463 g/mol. The van der Waals surface area contributed by atoms with Gasteiger partial charge in [0.1, 0.15) is 5.75 Å². The van der Waals surface area contributed by atoms with E-state index in [-0.39, 0.29) is 17.3 Å². The number of aromatic nitrogens is 1. The Hall–Kier alpha value is -3.85. The van der Waals surface area contributed by atoms with Gasteiger partial charge in [0, 0.05) is 41.9 Å². The zero-order valence-corrected chi connectivity index (χ0v) is 18.2. The molecule has 4 aromatic rings. The molecule has 0 aliphatic carbocycles. The fourth-order valence-electron chi connectivity index (χ4n) is 3.82. The Morgan fingerprint density at radius 2 is 1.82 bits per heavy atom. The number of hydrogen-bond acceptors (Lipinski definition) is 6. The van der Waals surface area contributed by atoms with Crippen LogP contribution in [0.1, 0.15) is 23.2 Å². The molecule has 0 atom stereocenters. The molecule has 166 valence electrons. The van der Waals surface area contributed by atoms with E-state index in [0.29, 0.717) is 16.8 Å². The van der Waals surface area contributed by atoms with Crippen molar-refractivity contribution in [2.75, 3.05) is 13.1 Å². The van der Waals surface area contributed by atoms with E-state index in [9.17, 15) is 19.3 Å². The van der Waals surface area contributed by atoms with Gasteiger partial charge in [0.05, 0.1) is 21.2 Å². The number of nitro benzene ring substituents is 1. The molecule has 2 aromatic carbocycles. The lowest BCUT2D eigenvalue weighted by molar-refractivity contribution is -0.385. The number of nitro groups is 1. The number of carbonyl (C=O) groups is 1. The summed E-state index contributed by atoms with van der Waals surface area (Å²) in [6.45, 7) is 1.61. The lowest BCUT2D eigenvalue weighted by Gasteiger charge is -2.15. The number of rotatable bonds is 5. The van der Waals surface area contributed by atoms with Crippen LogP contribution >= 0.6 is 11.3 Å². The first-order valence-electron chi connectivity index (χ1n) is 10.4. The number of nitrogens with zero attached hydrogens (tertiary/aromatic N) is 3. The van der Waals surface area contributed by atoms with Crippen molar-refractivity contribution in [1.82, 2.24) is 9.88 Å². The number of fused-ring (bicyclic) bond motifs is 1. The molecule has 33 heavy (non-hydrogen) atoms. The van der Waals surface area contributed by atoms with Crippen molar-refractivity contribution >= 4 is 33.1 Å². The van der Waals surface area contributed by atoms with Crippen molar-refractivity contribution in [2.45, 2.75) is 12.8 Å². The number of thiophene rings is 1. The fourth-order valence-corrected chi connectivity index (χ4v) is 4.89. The number of amides is 1. The van der Waals surface area contributed by atoms with Crippen LogP contribution in [0.4, 0.5) is 10.1 Å². The Morgan fingerprint density at radius 1 is 1.06 bits per heavy atom. The van der Waals surface area contributed by atoms with Crippen molar-refractivity contribution < 1.29 is 18.8 Å². The normalized spacial score (nSPS) is 13.4. The summed E-state index contributed by atoms with van der Waals surface area (Å²) < 4.78 is 20.8. The second-order valence-electron chi connectivity index (χ2n) is 7.68. The second kappa shape index (κ2) is 8.59. The number of benzene rings is 2. The molecule has 1 amide bonds. The van der Waals surface area contributed by atoms with E-state index in [1.807, 2.05) is 35.2 Å². The van der Waals surface area contributed by atoms with Crippen molar-refractivity contribution in [3.05, 3.63) is 82.3 Å². The molecule has 0 unspecified atom stereocenters. The monoisotopic (exact) mass is 463 g/mol. The molecule has 3 heterocycles. The van der Waals surface area contributed by atoms with Gasteiger partial charge in [-0.3, -0.25) is 19.9 Å². The van der Waals surface area contributed by atoms with Crippen molar-refractivity contribution in [3.8, 4) is 21.9 Å². The molecular weight excluding hydrogens is 445 g/mol. The van der Waals surface area contributed by atoms with Crippen molar-refractivity contribution in [1.29, 1.82) is 0 Å². The first-order valence-corrected chi connectivity index (χ1v) is 11.2. The lowest BCUT2D eigenvalue weighted by atomic mass is 10.1. The number of ether oxygens (including phenoxy) is 1. The maximum atomic E-state index is 14.3. The van der Waals surface area contributed by atoms with E-state index >= 15 is 0 Å². The third-order valence-electron chi connectivity index (χ3n) is 5.53. The third-order valence-corrected chi connectivity index (χ3v) is 6.72. The van der Waals surface area contributed by atoms with E-state index < -0.39 is 10.7 Å². The molecule has 1 fully saturated rings. The molecule has 1 saturated heterocycles. The van der Waals surface area contributed by atoms with Crippen LogP contribution in [0.2, 0.25) is 0 Å². The van der Waals surface area contributed by atoms with Crippen LogP contribution in [-0.2, 0) is 0 Å². The highest BCUT2D eigenvalue weighted by Crippen LogP contribution is 2.40. The van der Waals surface area contributed by atoms with Crippen LogP contribution < -0.4 is 4.74 Å². The third kappa shape index (κ3) is 4.14. The molecular formula is C24H18FN3O4S. The first kappa shape index (κ1) is 21.0. The van der Waals surface area contributed by atoms with E-state index in [2.05, 4.69) is 4.98 Å². The largest absolute Gasteiger partial charge is 0.453 e. The van der Waals surface area contributed by atoms with Crippen LogP contribution in [0.3, 0.4) is 0 Å². The topological polar surface area (TPSA) is 85.6 Å². The molecule has 0 bridgehead atoms. The molecule has 5 rings (SSSR count). The van der Waals surface area contributed by atoms with E-state index in [1.165, 1.54) is 23.5 Å². The number of halogens is 1. The molecule has 0 saturated carbocycles. The predicted molar refractivity (Wildman–Crippen MR) is 123 cm³/mol. The zero-order valence-electron chi connectivity index (χ0n) is 17.4. The second-order valence-corrected chi connectivity index (χ2v) is 8.74. The Kier molecular flexibility index (Phi) is 5.47. The van der Waals surface area contributed by atoms with E-state index in [1.54, 1.807) is 12.3 Å². The summed E-state index contributed by atoms with van der Waals surface area (Å²) in [5, 5.41) is 10.8. The molecule has 2 aromatic heterocycles. The predicted octanol–water partition coefficient (Wildman–Crippen LogP) is 6.04. The Bertz CT molecular complexity index is 1360. The van der Waals surface area contributed by atoms with Gasteiger partial charge in [0.2, 0.25) is 0 Å². The molecule has 0 spiro atoms. The highest BCUT2D eigenvalue weighted by molar-refractivity contribution is 7.22. The summed E-state index contributed by atoms with van der Waals surface area (Å²) in [5.41, 5.74) is 1.94. The summed E-state index contributed by atoms with van der Waals surface area (Å²) in [7, 11) is 0. The molecule has 0 radical (unpaired) electrons. The summed E-state index contributed by atoms with van der Waals surface area (Å²) in [6, 6.07) is 14.3. The highest BCUT2D eigenvalue weighted by atomic mass is 32.1. The molecule has 1 aliphatic heterocycles. The van der Waals surface area contributed by atoms with Crippen LogP contribution in [0, 0.1) is 15.9 Å². The SMILES string of the molecule is O=C(c1ccc(-c2cc3nccc(Oc4ccc([N+](=O)[O-])cc4F)c3s2)cc1)N1CCCC1. The summed E-state index contributed by atoms with van der Waals surface area (Å²) >= 11 is 1.44. The van der Waals surface area contributed by atoms with Gasteiger partial charge in [-0.1, -0.05) is 12.1 Å². The number of hydrogen-bond donors (Lipinski definition) is 0. The number of pyridine rings is 1. The molecule has 0 N–H and O–H groups in total. The fraction of sp³-hybridized carbons (Fsp3) is 0.167. The minimum atomic E-state index is -0.816. The molecule has 7 nitrogen and oxygen atoms in total. The van der Waals surface area contributed by atoms with Crippen LogP contribution in [-0.4, -0.2) is 33.8 Å². The molecule has 9 heteroatoms. The maximum absolute atomic E-state index is 14.3. The summed E-state index contributed by atoms with van der Waals surface area (Å²) in [4.78, 5) is 29.9. The maximum Gasteiger partial charge on any atom is 0.272 e. The standard InChI is InChI=1S/C24H18FN3O4S/c25-18-13-17(28(30)31)7-8-20(18)32-21-9-10-26-19-14-22(33-23(19)21)15-3-5-16(6-4-15)24(29)27-11-1-2-12-27/h3-10,13-14H,1-2,11-12H2. The smallest absolute Gasteiger partial charge is 0.272 e. The Morgan fingerprint density at radius 3 is 2.52 bits per heavy atom. The molecule has 1 aliphatic rings. The number of carbonyl (C=O) groups excluding carboxylic acids is 1. The van der Waals surface area contributed by atoms with E-state index in [4.69, 9.17) is 4.74 Å². The van der Waals surface area contributed by atoms with Crippen LogP contribution in [0.25, 0.3) is 20.7 Å². The van der Waals surface area contributed by atoms with Gasteiger partial charge in [-0.05, 0) is 42.7 Å². The average Bonchev–Trinajstić information content (AvgIpc) is 3.51. The summed E-state index contributed by atoms with van der Waals surface area (Å²) in [5.74, 6) is -0.459. The van der Waals surface area contributed by atoms with Gasteiger partial charge in [-0.15, -0.1) is 11.3 Å². The van der Waals surface area contributed by atoms with Crippen molar-refractivity contribution in [3.63, 3.8) is 0 Å². The summed E-state index contributed by atoms with van der Waals surface area (Å²) in [6.07, 6.45) is 3.66. The van der Waals surface area contributed by atoms with Gasteiger partial charge in [0.15, 0.2) is 11.6 Å². The number of non-ortho nitro benzene ring substituents is 1. The minimum absolute atomic E-state index is 0.0536. The number of likely N-dealkylation sites (tertiary alicyclic amines) is 1. The Labute approximate surface area is 192 Å². The van der Waals surface area contributed by atoms with Gasteiger partial charge in [0.25, 0.3) is 11.6 Å². The van der Waals surface area contributed by atoms with Gasteiger partial charge < -0.3 is 9.64 Å². The van der Waals surface area contributed by atoms with Crippen LogP contribution in [0.15, 0.2) is 60.8 Å². The van der Waals surface area contributed by atoms with Gasteiger partial charge in [-0.2, -0.15) is 0 Å². The van der Waals surface area contributed by atoms with Gasteiger partial charge >= 0.3 is 0 Å². The van der Waals surface area contributed by atoms with Crippen molar-refractivity contribution in [2.24, 2.45) is 0 Å². The minimum Gasteiger partial charge on any atom is -0.453 e. The first-order chi connectivity index (χ1) is 16.0. The van der Waals surface area contributed by atoms with E-state index in [0.717, 1.165) is 47.1 Å². The van der Waals surface area contributed by atoms with Crippen LogP contribution in [0.5, 0.6) is 11.5 Å².